The van der Waals surface area contributed by atoms with Gasteiger partial charge in [0.25, 0.3) is 11.8 Å². The van der Waals surface area contributed by atoms with Crippen LogP contribution in [0.4, 0.5) is 24.7 Å². The number of hydrogen-bond donors (Lipinski definition) is 3. The maximum atomic E-state index is 12.7. The van der Waals surface area contributed by atoms with Crippen LogP contribution in [0.25, 0.3) is 10.9 Å². The number of amides is 2. The number of aromatic nitrogens is 3. The number of primary amides is 1. The quantitative estimate of drug-likeness (QED) is 0.372. The lowest BCUT2D eigenvalue weighted by atomic mass is 10.1. The average Bonchev–Trinajstić information content (AvgIpc) is 2.83. The largest absolute Gasteiger partial charge is 0.417 e. The van der Waals surface area contributed by atoms with Crippen LogP contribution in [0.1, 0.15) is 44.9 Å². The zero-order valence-corrected chi connectivity index (χ0v) is 18.3. The summed E-state index contributed by atoms with van der Waals surface area (Å²) in [6.45, 7) is 1.88. The molecule has 2 aromatic heterocycles. The highest BCUT2D eigenvalue weighted by Gasteiger charge is 2.31. The van der Waals surface area contributed by atoms with Crippen molar-refractivity contribution in [1.82, 2.24) is 15.0 Å². The molecule has 35 heavy (non-hydrogen) atoms. The number of anilines is 2. The number of rotatable bonds is 6. The SMILES string of the molecule is C[C@@H](Nc1ncnc2c(C(N)=O)cccc12)c1cccc(NC(=O)c2ccc(C(F)(F)F)cn2)c1. The summed E-state index contributed by atoms with van der Waals surface area (Å²) in [6.07, 6.45) is -2.58. The molecule has 0 fully saturated rings. The van der Waals surface area contributed by atoms with Crippen molar-refractivity contribution in [2.75, 3.05) is 10.6 Å². The van der Waals surface area contributed by atoms with E-state index in [2.05, 4.69) is 25.6 Å². The van der Waals surface area contributed by atoms with Crippen LogP contribution in [-0.4, -0.2) is 26.8 Å². The van der Waals surface area contributed by atoms with Gasteiger partial charge in [-0.1, -0.05) is 18.2 Å². The Bertz CT molecular complexity index is 1410. The fourth-order valence-corrected chi connectivity index (χ4v) is 3.47. The molecule has 2 heterocycles. The monoisotopic (exact) mass is 480 g/mol. The first-order chi connectivity index (χ1) is 16.6. The van der Waals surface area contributed by atoms with Crippen LogP contribution >= 0.6 is 0 Å². The number of benzene rings is 2. The van der Waals surface area contributed by atoms with E-state index in [1.807, 2.05) is 13.0 Å². The minimum Gasteiger partial charge on any atom is -0.366 e. The number of nitrogens with one attached hydrogen (secondary N) is 2. The number of halogens is 3. The molecule has 0 aliphatic heterocycles. The van der Waals surface area contributed by atoms with Gasteiger partial charge in [0.2, 0.25) is 0 Å². The maximum absolute atomic E-state index is 12.7. The van der Waals surface area contributed by atoms with Gasteiger partial charge in [0.05, 0.1) is 22.7 Å². The Labute approximate surface area is 197 Å². The van der Waals surface area contributed by atoms with Gasteiger partial charge < -0.3 is 16.4 Å². The number of pyridine rings is 1. The summed E-state index contributed by atoms with van der Waals surface area (Å²) in [5.41, 5.74) is 6.29. The van der Waals surface area contributed by atoms with Gasteiger partial charge in [0, 0.05) is 17.3 Å². The van der Waals surface area contributed by atoms with Gasteiger partial charge >= 0.3 is 6.18 Å². The van der Waals surface area contributed by atoms with Crippen molar-refractivity contribution in [2.24, 2.45) is 5.73 Å². The smallest absolute Gasteiger partial charge is 0.366 e. The molecule has 0 aliphatic rings. The molecule has 8 nitrogen and oxygen atoms in total. The summed E-state index contributed by atoms with van der Waals surface area (Å²) in [7, 11) is 0. The average molecular weight is 480 g/mol. The lowest BCUT2D eigenvalue weighted by Gasteiger charge is -2.17. The summed E-state index contributed by atoms with van der Waals surface area (Å²) in [5, 5.41) is 6.52. The Morgan fingerprint density at radius 1 is 1.00 bits per heavy atom. The van der Waals surface area contributed by atoms with E-state index in [1.165, 1.54) is 6.33 Å². The van der Waals surface area contributed by atoms with Gasteiger partial charge in [0.1, 0.15) is 17.8 Å². The number of nitrogens with zero attached hydrogens (tertiary/aromatic N) is 3. The van der Waals surface area contributed by atoms with Gasteiger partial charge in [-0.3, -0.25) is 14.6 Å². The van der Waals surface area contributed by atoms with E-state index in [4.69, 9.17) is 5.73 Å². The molecule has 11 heteroatoms. The summed E-state index contributed by atoms with van der Waals surface area (Å²) in [5.74, 6) is -0.745. The molecule has 0 radical (unpaired) electrons. The maximum Gasteiger partial charge on any atom is 0.417 e. The molecular weight excluding hydrogens is 461 g/mol. The second-order valence-electron chi connectivity index (χ2n) is 7.66. The zero-order chi connectivity index (χ0) is 25.2. The molecule has 4 N–H and O–H groups in total. The van der Waals surface area contributed by atoms with Crippen LogP contribution in [0.5, 0.6) is 0 Å². The van der Waals surface area contributed by atoms with Crippen molar-refractivity contribution in [3.63, 3.8) is 0 Å². The van der Waals surface area contributed by atoms with Gasteiger partial charge in [-0.15, -0.1) is 0 Å². The first-order valence-corrected chi connectivity index (χ1v) is 10.4. The lowest BCUT2D eigenvalue weighted by molar-refractivity contribution is -0.137. The van der Waals surface area contributed by atoms with E-state index in [9.17, 15) is 22.8 Å². The van der Waals surface area contributed by atoms with Crippen molar-refractivity contribution in [3.8, 4) is 0 Å². The number of fused-ring (bicyclic) bond motifs is 1. The normalized spacial score (nSPS) is 12.2. The first kappa shape index (κ1) is 23.6. The van der Waals surface area contributed by atoms with Crippen molar-refractivity contribution in [1.29, 1.82) is 0 Å². The van der Waals surface area contributed by atoms with Gasteiger partial charge in [-0.05, 0) is 48.9 Å². The highest BCUT2D eigenvalue weighted by molar-refractivity contribution is 6.07. The Balaban J connectivity index is 1.52. The van der Waals surface area contributed by atoms with Crippen LogP contribution in [-0.2, 0) is 6.18 Å². The summed E-state index contributed by atoms with van der Waals surface area (Å²) in [4.78, 5) is 36.2. The number of nitrogens with two attached hydrogens (primary N) is 1. The second-order valence-corrected chi connectivity index (χ2v) is 7.66. The molecule has 1 atom stereocenters. The minimum atomic E-state index is -4.53. The van der Waals surface area contributed by atoms with E-state index in [-0.39, 0.29) is 17.3 Å². The lowest BCUT2D eigenvalue weighted by Crippen LogP contribution is -2.15. The third kappa shape index (κ3) is 5.18. The Hall–Kier alpha value is -4.54. The van der Waals surface area contributed by atoms with Crippen LogP contribution in [0.15, 0.2) is 67.1 Å². The van der Waals surface area contributed by atoms with Crippen LogP contribution in [0.2, 0.25) is 0 Å². The molecule has 4 rings (SSSR count). The van der Waals surface area contributed by atoms with Crippen molar-refractivity contribution < 1.29 is 22.8 Å². The highest BCUT2D eigenvalue weighted by Crippen LogP contribution is 2.29. The zero-order valence-electron chi connectivity index (χ0n) is 18.3. The van der Waals surface area contributed by atoms with Crippen molar-refractivity contribution >= 4 is 34.2 Å². The fourth-order valence-electron chi connectivity index (χ4n) is 3.47. The standard InChI is InChI=1S/C24H19F3N6O2/c1-13(32-22-18-7-3-6-17(21(28)34)20(18)30-12-31-22)14-4-2-5-16(10-14)33-23(35)19-9-8-15(11-29-19)24(25,26)27/h2-13H,1H3,(H2,28,34)(H,33,35)(H,30,31,32)/t13-/m1/s1. The molecule has 0 bridgehead atoms. The molecule has 0 saturated carbocycles. The third-order valence-corrected chi connectivity index (χ3v) is 5.25. The van der Waals surface area contributed by atoms with E-state index in [0.29, 0.717) is 28.6 Å². The van der Waals surface area contributed by atoms with Crippen molar-refractivity contribution in [2.45, 2.75) is 19.1 Å². The van der Waals surface area contributed by atoms with Crippen molar-refractivity contribution in [3.05, 3.63) is 89.5 Å². The van der Waals surface area contributed by atoms with E-state index >= 15 is 0 Å². The molecule has 2 aromatic carbocycles. The third-order valence-electron chi connectivity index (χ3n) is 5.25. The summed E-state index contributed by atoms with van der Waals surface area (Å²) >= 11 is 0. The Kier molecular flexibility index (Phi) is 6.32. The molecular formula is C24H19F3N6O2. The molecule has 178 valence electrons. The number of alkyl halides is 3. The Morgan fingerprint density at radius 3 is 2.46 bits per heavy atom. The minimum absolute atomic E-state index is 0.146. The predicted octanol–water partition coefficient (Wildman–Crippen LogP) is 4.57. The molecule has 0 aliphatic carbocycles. The number of hydrogen-bond acceptors (Lipinski definition) is 6. The van der Waals surface area contributed by atoms with Crippen LogP contribution in [0, 0.1) is 0 Å². The predicted molar refractivity (Wildman–Crippen MR) is 124 cm³/mol. The van der Waals surface area contributed by atoms with E-state index in [0.717, 1.165) is 17.7 Å². The number of para-hydroxylation sites is 1. The summed E-state index contributed by atoms with van der Waals surface area (Å²) < 4.78 is 38.1. The Morgan fingerprint density at radius 2 is 1.77 bits per heavy atom. The highest BCUT2D eigenvalue weighted by atomic mass is 19.4. The van der Waals surface area contributed by atoms with E-state index in [1.54, 1.807) is 36.4 Å². The van der Waals surface area contributed by atoms with Crippen LogP contribution < -0.4 is 16.4 Å². The van der Waals surface area contributed by atoms with Crippen LogP contribution in [0.3, 0.4) is 0 Å². The molecule has 0 saturated heterocycles. The second kappa shape index (κ2) is 9.37. The molecule has 4 aromatic rings. The summed E-state index contributed by atoms with van der Waals surface area (Å²) in [6, 6.07) is 13.5. The molecule has 2 amide bonds. The topological polar surface area (TPSA) is 123 Å². The van der Waals surface area contributed by atoms with Gasteiger partial charge in [0.15, 0.2) is 0 Å². The van der Waals surface area contributed by atoms with Gasteiger partial charge in [-0.2, -0.15) is 13.2 Å². The molecule has 0 unspecified atom stereocenters. The molecule has 0 spiro atoms. The number of carbonyl (C=O) groups is 2. The van der Waals surface area contributed by atoms with E-state index < -0.39 is 23.6 Å². The first-order valence-electron chi connectivity index (χ1n) is 10.4. The van der Waals surface area contributed by atoms with Gasteiger partial charge in [-0.25, -0.2) is 9.97 Å². The number of carbonyl (C=O) groups excluding carboxylic acids is 2. The fraction of sp³-hybridized carbons (Fsp3) is 0.125.